The van der Waals surface area contributed by atoms with E-state index in [0.29, 0.717) is 5.56 Å². The highest BCUT2D eigenvalue weighted by atomic mass is 16.4. The number of carboxylic acids is 1. The smallest absolute Gasteiger partial charge is 0.380 e. The van der Waals surface area contributed by atoms with Gasteiger partial charge in [-0.15, -0.1) is 0 Å². The molecule has 1 aromatic rings. The van der Waals surface area contributed by atoms with Crippen molar-refractivity contribution >= 4 is 17.5 Å². The number of benzene rings is 1. The lowest BCUT2D eigenvalue weighted by Gasteiger charge is -2.02. The first-order valence-electron chi connectivity index (χ1n) is 4.73. The summed E-state index contributed by atoms with van der Waals surface area (Å²) in [6.45, 7) is 0. The number of phenols is 2. The number of hydrogen-bond donors (Lipinski definition) is 3. The van der Waals surface area contributed by atoms with Gasteiger partial charge in [-0.25, -0.2) is 4.79 Å². The van der Waals surface area contributed by atoms with Gasteiger partial charge in [0, 0.05) is 6.42 Å². The van der Waals surface area contributed by atoms with Crippen molar-refractivity contribution in [1.29, 1.82) is 0 Å². The maximum atomic E-state index is 11.1. The zero-order chi connectivity index (χ0) is 13.0. The van der Waals surface area contributed by atoms with Crippen LogP contribution < -0.4 is 0 Å². The summed E-state index contributed by atoms with van der Waals surface area (Å²) < 4.78 is 0. The average molecular weight is 238 g/mol. The standard InChI is InChI=1S/C11H10O6/c12-7-3-1-6(5-9(7)14)2-4-8(13)10(15)11(16)17/h1,3,5,12,14H,2,4H2,(H,16,17). The van der Waals surface area contributed by atoms with Gasteiger partial charge in [0.05, 0.1) is 0 Å². The van der Waals surface area contributed by atoms with Gasteiger partial charge in [-0.3, -0.25) is 9.59 Å². The second-order valence-corrected chi connectivity index (χ2v) is 3.38. The Hall–Kier alpha value is -2.37. The number of ketones is 2. The Morgan fingerprint density at radius 2 is 1.71 bits per heavy atom. The number of carbonyl (C=O) groups is 3. The van der Waals surface area contributed by atoms with Crippen LogP contribution in [0.25, 0.3) is 0 Å². The molecule has 6 nitrogen and oxygen atoms in total. The summed E-state index contributed by atoms with van der Waals surface area (Å²) in [6.07, 6.45) is -0.138. The van der Waals surface area contributed by atoms with Gasteiger partial charge in [-0.2, -0.15) is 0 Å². The Bertz CT molecular complexity index is 477. The number of hydrogen-bond acceptors (Lipinski definition) is 5. The number of Topliss-reactive ketones (excluding diaryl/α,β-unsaturated/α-hetero) is 2. The molecule has 0 atom stereocenters. The third-order valence-electron chi connectivity index (χ3n) is 2.13. The number of aliphatic carboxylic acids is 1. The van der Waals surface area contributed by atoms with E-state index in [-0.39, 0.29) is 24.3 Å². The van der Waals surface area contributed by atoms with E-state index in [2.05, 4.69) is 0 Å². The van der Waals surface area contributed by atoms with Crippen molar-refractivity contribution in [3.05, 3.63) is 23.8 Å². The van der Waals surface area contributed by atoms with E-state index in [1.54, 1.807) is 0 Å². The van der Waals surface area contributed by atoms with Crippen LogP contribution in [0.1, 0.15) is 12.0 Å². The summed E-state index contributed by atoms with van der Waals surface area (Å²) in [6, 6.07) is 3.95. The molecule has 0 spiro atoms. The minimum absolute atomic E-state index is 0.117. The van der Waals surface area contributed by atoms with Crippen molar-refractivity contribution in [2.24, 2.45) is 0 Å². The molecule has 1 aromatic carbocycles. The van der Waals surface area contributed by atoms with Crippen LogP contribution >= 0.6 is 0 Å². The second kappa shape index (κ2) is 5.11. The van der Waals surface area contributed by atoms with Gasteiger partial charge in [0.15, 0.2) is 11.5 Å². The van der Waals surface area contributed by atoms with Crippen LogP contribution in [0.5, 0.6) is 11.5 Å². The molecule has 0 fully saturated rings. The first kappa shape index (κ1) is 12.7. The molecular formula is C11H10O6. The average Bonchev–Trinajstić information content (AvgIpc) is 2.29. The van der Waals surface area contributed by atoms with Gasteiger partial charge in [0.2, 0.25) is 5.78 Å². The lowest BCUT2D eigenvalue weighted by molar-refractivity contribution is -0.152. The van der Waals surface area contributed by atoms with Crippen LogP contribution in [-0.2, 0) is 20.8 Å². The molecule has 0 aromatic heterocycles. The largest absolute Gasteiger partial charge is 0.504 e. The van der Waals surface area contributed by atoms with Gasteiger partial charge in [0.1, 0.15) is 0 Å². The van der Waals surface area contributed by atoms with Gasteiger partial charge < -0.3 is 15.3 Å². The highest BCUT2D eigenvalue weighted by Crippen LogP contribution is 2.25. The summed E-state index contributed by atoms with van der Waals surface area (Å²) in [5.41, 5.74) is 0.520. The Balaban J connectivity index is 2.62. The van der Waals surface area contributed by atoms with Crippen molar-refractivity contribution in [2.45, 2.75) is 12.8 Å². The van der Waals surface area contributed by atoms with Crippen molar-refractivity contribution in [1.82, 2.24) is 0 Å². The SMILES string of the molecule is O=C(O)C(=O)C(=O)CCc1ccc(O)c(O)c1. The van der Waals surface area contributed by atoms with Crippen LogP contribution in [0.2, 0.25) is 0 Å². The molecule has 0 bridgehead atoms. The first-order valence-corrected chi connectivity index (χ1v) is 4.73. The number of carboxylic acid groups (broad SMARTS) is 1. The van der Waals surface area contributed by atoms with Gasteiger partial charge in [-0.05, 0) is 24.1 Å². The number of rotatable bonds is 5. The first-order chi connectivity index (χ1) is 7.91. The lowest BCUT2D eigenvalue weighted by Crippen LogP contribution is -2.23. The summed E-state index contributed by atoms with van der Waals surface area (Å²) in [5.74, 6) is -4.84. The molecule has 0 radical (unpaired) electrons. The van der Waals surface area contributed by atoms with Crippen molar-refractivity contribution < 1.29 is 29.7 Å². The fraction of sp³-hybridized carbons (Fsp3) is 0.182. The quantitative estimate of drug-likeness (QED) is 0.385. The monoisotopic (exact) mass is 238 g/mol. The third kappa shape index (κ3) is 3.30. The summed E-state index contributed by atoms with van der Waals surface area (Å²) in [4.78, 5) is 32.0. The molecule has 0 saturated carbocycles. The molecule has 6 heteroatoms. The summed E-state index contributed by atoms with van der Waals surface area (Å²) >= 11 is 0. The molecular weight excluding hydrogens is 228 g/mol. The fourth-order valence-corrected chi connectivity index (χ4v) is 1.22. The number of phenolic OH excluding ortho intramolecular Hbond substituents is 2. The van der Waals surface area contributed by atoms with E-state index in [0.717, 1.165) is 0 Å². The van der Waals surface area contributed by atoms with Crippen molar-refractivity contribution in [3.8, 4) is 11.5 Å². The van der Waals surface area contributed by atoms with Gasteiger partial charge in [0.25, 0.3) is 0 Å². The zero-order valence-electron chi connectivity index (χ0n) is 8.71. The molecule has 0 unspecified atom stereocenters. The lowest BCUT2D eigenvalue weighted by atomic mass is 10.1. The fourth-order valence-electron chi connectivity index (χ4n) is 1.22. The van der Waals surface area contributed by atoms with Crippen LogP contribution in [0, 0.1) is 0 Å². The predicted molar refractivity (Wildman–Crippen MR) is 55.7 cm³/mol. The minimum atomic E-state index is -1.77. The van der Waals surface area contributed by atoms with E-state index < -0.39 is 17.5 Å². The molecule has 0 aliphatic rings. The molecule has 0 aliphatic heterocycles. The molecule has 3 N–H and O–H groups in total. The van der Waals surface area contributed by atoms with E-state index in [4.69, 9.17) is 15.3 Å². The Kier molecular flexibility index (Phi) is 3.82. The topological polar surface area (TPSA) is 112 Å². The maximum absolute atomic E-state index is 11.1. The Labute approximate surface area is 96.1 Å². The Morgan fingerprint density at radius 1 is 1.06 bits per heavy atom. The van der Waals surface area contributed by atoms with Crippen LogP contribution in [0.3, 0.4) is 0 Å². The second-order valence-electron chi connectivity index (χ2n) is 3.38. The van der Waals surface area contributed by atoms with E-state index in [1.807, 2.05) is 0 Å². The van der Waals surface area contributed by atoms with Crippen LogP contribution in [0.15, 0.2) is 18.2 Å². The molecule has 17 heavy (non-hydrogen) atoms. The highest BCUT2D eigenvalue weighted by Gasteiger charge is 2.21. The van der Waals surface area contributed by atoms with Crippen LogP contribution in [-0.4, -0.2) is 32.9 Å². The van der Waals surface area contributed by atoms with Crippen molar-refractivity contribution in [3.63, 3.8) is 0 Å². The molecule has 1 rings (SSSR count). The number of carbonyl (C=O) groups excluding carboxylic acids is 2. The van der Waals surface area contributed by atoms with Crippen LogP contribution in [0.4, 0.5) is 0 Å². The number of aryl methyl sites for hydroxylation is 1. The molecule has 0 amide bonds. The summed E-state index contributed by atoms with van der Waals surface area (Å²) in [7, 11) is 0. The summed E-state index contributed by atoms with van der Waals surface area (Å²) in [5, 5.41) is 26.5. The minimum Gasteiger partial charge on any atom is -0.504 e. The van der Waals surface area contributed by atoms with Gasteiger partial charge in [-0.1, -0.05) is 6.07 Å². The zero-order valence-corrected chi connectivity index (χ0v) is 8.71. The van der Waals surface area contributed by atoms with Gasteiger partial charge >= 0.3 is 11.8 Å². The van der Waals surface area contributed by atoms with Crippen molar-refractivity contribution in [2.75, 3.05) is 0 Å². The normalized spacial score (nSPS) is 9.88. The molecule has 0 saturated heterocycles. The predicted octanol–water partition coefficient (Wildman–Crippen LogP) is 0.253. The Morgan fingerprint density at radius 3 is 2.24 bits per heavy atom. The molecule has 0 aliphatic carbocycles. The van der Waals surface area contributed by atoms with E-state index in [9.17, 15) is 14.4 Å². The highest BCUT2D eigenvalue weighted by molar-refractivity contribution is 6.61. The third-order valence-corrected chi connectivity index (χ3v) is 2.13. The van der Waals surface area contributed by atoms with E-state index in [1.165, 1.54) is 18.2 Å². The molecule has 90 valence electrons. The maximum Gasteiger partial charge on any atom is 0.380 e. The molecule has 0 heterocycles. The number of aromatic hydroxyl groups is 2. The van der Waals surface area contributed by atoms with E-state index >= 15 is 0 Å².